The second-order valence-corrected chi connectivity index (χ2v) is 2.84. The van der Waals surface area contributed by atoms with Gasteiger partial charge in [-0.05, 0) is 24.1 Å². The molecule has 1 nitrogen and oxygen atoms in total. The molecule has 0 aliphatic carbocycles. The van der Waals surface area contributed by atoms with Crippen molar-refractivity contribution in [2.75, 3.05) is 0 Å². The summed E-state index contributed by atoms with van der Waals surface area (Å²) < 4.78 is 25.7. The normalized spacial score (nSPS) is 10.4. The van der Waals surface area contributed by atoms with Gasteiger partial charge >= 0.3 is 0 Å². The van der Waals surface area contributed by atoms with Crippen LogP contribution in [0.4, 0.5) is 8.78 Å². The molecule has 0 spiro atoms. The van der Waals surface area contributed by atoms with Gasteiger partial charge in [0.1, 0.15) is 0 Å². The number of hydrogen-bond donors (Lipinski definition) is 0. The van der Waals surface area contributed by atoms with Crippen LogP contribution in [0.5, 0.6) is 0 Å². The molecule has 0 aliphatic rings. The maximum absolute atomic E-state index is 13.0. The highest BCUT2D eigenvalue weighted by atomic mass is 19.2. The molecule has 1 rings (SSSR count). The smallest absolute Gasteiger partial charge is 0.162 e. The Bertz CT molecular complexity index is 402. The molecule has 0 fully saturated rings. The van der Waals surface area contributed by atoms with Crippen molar-refractivity contribution in [2.45, 2.75) is 13.3 Å². The Morgan fingerprint density at radius 1 is 1.43 bits per heavy atom. The third-order valence-electron chi connectivity index (χ3n) is 1.89. The Kier molecular flexibility index (Phi) is 3.35. The number of halogens is 2. The summed E-state index contributed by atoms with van der Waals surface area (Å²) in [4.78, 5) is 0. The van der Waals surface area contributed by atoms with E-state index >= 15 is 0 Å². The SMILES string of the molecule is Cc1c(C=CCC#N)ccc(F)c1F. The molecular weight excluding hydrogens is 184 g/mol. The van der Waals surface area contributed by atoms with Crippen LogP contribution in [0.25, 0.3) is 6.08 Å². The summed E-state index contributed by atoms with van der Waals surface area (Å²) in [5.74, 6) is -1.68. The van der Waals surface area contributed by atoms with Gasteiger partial charge in [-0.25, -0.2) is 8.78 Å². The monoisotopic (exact) mass is 193 g/mol. The highest BCUT2D eigenvalue weighted by molar-refractivity contribution is 5.54. The van der Waals surface area contributed by atoms with Gasteiger partial charge in [0.2, 0.25) is 0 Å². The Balaban J connectivity index is 3.01. The molecule has 0 unspecified atom stereocenters. The summed E-state index contributed by atoms with van der Waals surface area (Å²) >= 11 is 0. The third kappa shape index (κ3) is 2.17. The lowest BCUT2D eigenvalue weighted by Gasteiger charge is -2.01. The van der Waals surface area contributed by atoms with Gasteiger partial charge in [-0.15, -0.1) is 0 Å². The van der Waals surface area contributed by atoms with Gasteiger partial charge in [0.15, 0.2) is 11.6 Å². The molecule has 0 aromatic heterocycles. The molecule has 0 N–H and O–H groups in total. The van der Waals surface area contributed by atoms with E-state index < -0.39 is 11.6 Å². The van der Waals surface area contributed by atoms with Crippen LogP contribution in [0.1, 0.15) is 17.5 Å². The average molecular weight is 193 g/mol. The Morgan fingerprint density at radius 2 is 2.14 bits per heavy atom. The molecule has 0 saturated carbocycles. The van der Waals surface area contributed by atoms with Crippen LogP contribution < -0.4 is 0 Å². The van der Waals surface area contributed by atoms with Crippen LogP contribution in [0.3, 0.4) is 0 Å². The van der Waals surface area contributed by atoms with E-state index in [0.29, 0.717) is 5.56 Å². The van der Waals surface area contributed by atoms with E-state index in [0.717, 1.165) is 6.07 Å². The molecule has 0 aliphatic heterocycles. The van der Waals surface area contributed by atoms with Gasteiger partial charge in [-0.2, -0.15) is 5.26 Å². The van der Waals surface area contributed by atoms with E-state index in [2.05, 4.69) is 0 Å². The van der Waals surface area contributed by atoms with Crippen LogP contribution in [-0.4, -0.2) is 0 Å². The van der Waals surface area contributed by atoms with Crippen molar-refractivity contribution in [2.24, 2.45) is 0 Å². The van der Waals surface area contributed by atoms with Crippen molar-refractivity contribution in [3.05, 3.63) is 41.0 Å². The zero-order valence-corrected chi connectivity index (χ0v) is 7.72. The lowest BCUT2D eigenvalue weighted by molar-refractivity contribution is 0.503. The van der Waals surface area contributed by atoms with E-state index in [1.54, 1.807) is 12.2 Å². The fraction of sp³-hybridized carbons (Fsp3) is 0.182. The number of nitrogens with zero attached hydrogens (tertiary/aromatic N) is 1. The van der Waals surface area contributed by atoms with E-state index in [1.165, 1.54) is 13.0 Å². The summed E-state index contributed by atoms with van der Waals surface area (Å²) in [6.07, 6.45) is 3.49. The van der Waals surface area contributed by atoms with Crippen molar-refractivity contribution < 1.29 is 8.78 Å². The second kappa shape index (κ2) is 4.52. The van der Waals surface area contributed by atoms with Gasteiger partial charge in [0.05, 0.1) is 12.5 Å². The van der Waals surface area contributed by atoms with Crippen molar-refractivity contribution in [3.63, 3.8) is 0 Å². The van der Waals surface area contributed by atoms with Gasteiger partial charge in [-0.1, -0.05) is 18.2 Å². The number of benzene rings is 1. The molecule has 0 atom stereocenters. The zero-order chi connectivity index (χ0) is 10.6. The first kappa shape index (κ1) is 10.4. The molecule has 1 aromatic rings. The molecule has 0 heterocycles. The molecule has 1 aromatic carbocycles. The Hall–Kier alpha value is -1.69. The van der Waals surface area contributed by atoms with Gasteiger partial charge in [-0.3, -0.25) is 0 Å². The molecule has 72 valence electrons. The maximum Gasteiger partial charge on any atom is 0.162 e. The number of rotatable bonds is 2. The fourth-order valence-electron chi connectivity index (χ4n) is 1.09. The molecule has 14 heavy (non-hydrogen) atoms. The quantitative estimate of drug-likeness (QED) is 0.707. The van der Waals surface area contributed by atoms with Crippen molar-refractivity contribution >= 4 is 6.08 Å². The largest absolute Gasteiger partial charge is 0.204 e. The van der Waals surface area contributed by atoms with E-state index in [4.69, 9.17) is 5.26 Å². The minimum absolute atomic E-state index is 0.262. The molecule has 0 radical (unpaired) electrons. The van der Waals surface area contributed by atoms with E-state index in [-0.39, 0.29) is 12.0 Å². The minimum Gasteiger partial charge on any atom is -0.204 e. The van der Waals surface area contributed by atoms with Gasteiger partial charge in [0, 0.05) is 0 Å². The molecule has 0 saturated heterocycles. The lowest BCUT2D eigenvalue weighted by atomic mass is 10.1. The van der Waals surface area contributed by atoms with Crippen LogP contribution in [0.15, 0.2) is 18.2 Å². The van der Waals surface area contributed by atoms with Crippen LogP contribution >= 0.6 is 0 Å². The molecule has 0 amide bonds. The number of nitriles is 1. The fourth-order valence-corrected chi connectivity index (χ4v) is 1.09. The minimum atomic E-state index is -0.847. The second-order valence-electron chi connectivity index (χ2n) is 2.84. The zero-order valence-electron chi connectivity index (χ0n) is 7.72. The standard InChI is InChI=1S/C11H9F2N/c1-8-9(4-2-3-7-14)5-6-10(12)11(8)13/h2,4-6H,3H2,1H3. The summed E-state index contributed by atoms with van der Waals surface area (Å²) in [5.41, 5.74) is 0.860. The topological polar surface area (TPSA) is 23.8 Å². The third-order valence-corrected chi connectivity index (χ3v) is 1.89. The molecule has 0 bridgehead atoms. The molecule has 3 heteroatoms. The Labute approximate surface area is 81.3 Å². The van der Waals surface area contributed by atoms with Crippen molar-refractivity contribution in [1.29, 1.82) is 5.26 Å². The molecular formula is C11H9F2N. The summed E-state index contributed by atoms with van der Waals surface area (Å²) in [5, 5.41) is 8.28. The van der Waals surface area contributed by atoms with E-state index in [9.17, 15) is 8.78 Å². The maximum atomic E-state index is 13.0. The predicted molar refractivity (Wildman–Crippen MR) is 50.4 cm³/mol. The van der Waals surface area contributed by atoms with Gasteiger partial charge in [0.25, 0.3) is 0 Å². The average Bonchev–Trinajstić information content (AvgIpc) is 2.18. The Morgan fingerprint density at radius 3 is 2.79 bits per heavy atom. The first-order chi connectivity index (χ1) is 6.66. The predicted octanol–water partition coefficient (Wildman–Crippen LogP) is 3.20. The summed E-state index contributed by atoms with van der Waals surface area (Å²) in [7, 11) is 0. The first-order valence-corrected chi connectivity index (χ1v) is 4.15. The van der Waals surface area contributed by atoms with E-state index in [1.807, 2.05) is 6.07 Å². The van der Waals surface area contributed by atoms with Gasteiger partial charge < -0.3 is 0 Å². The van der Waals surface area contributed by atoms with Crippen molar-refractivity contribution in [3.8, 4) is 6.07 Å². The van der Waals surface area contributed by atoms with Crippen LogP contribution in [-0.2, 0) is 0 Å². The number of allylic oxidation sites excluding steroid dienone is 1. The number of hydrogen-bond acceptors (Lipinski definition) is 1. The van der Waals surface area contributed by atoms with Crippen LogP contribution in [0.2, 0.25) is 0 Å². The first-order valence-electron chi connectivity index (χ1n) is 4.15. The van der Waals surface area contributed by atoms with Crippen LogP contribution in [0, 0.1) is 29.9 Å². The lowest BCUT2D eigenvalue weighted by Crippen LogP contribution is -1.91. The highest BCUT2D eigenvalue weighted by Gasteiger charge is 2.06. The highest BCUT2D eigenvalue weighted by Crippen LogP contribution is 2.17. The summed E-state index contributed by atoms with van der Waals surface area (Å²) in [6, 6.07) is 4.49. The van der Waals surface area contributed by atoms with Crippen molar-refractivity contribution in [1.82, 2.24) is 0 Å². The summed E-state index contributed by atoms with van der Waals surface area (Å²) in [6.45, 7) is 1.50.